The van der Waals surface area contributed by atoms with Crippen LogP contribution in [0, 0.1) is 15.9 Å². The molecule has 1 N–H and O–H groups in total. The zero-order chi connectivity index (χ0) is 22.1. The number of carbonyl (C=O) groups is 2. The molecule has 9 heteroatoms. The summed E-state index contributed by atoms with van der Waals surface area (Å²) in [5.41, 5.74) is -0.479. The predicted octanol–water partition coefficient (Wildman–Crippen LogP) is 3.76. The van der Waals surface area contributed by atoms with Crippen LogP contribution in [0.15, 0.2) is 78.5 Å². The summed E-state index contributed by atoms with van der Waals surface area (Å²) in [5.74, 6) is -3.13. The molecule has 0 aliphatic carbocycles. The maximum Gasteiger partial charge on any atom is 0.301 e. The first-order valence-electron chi connectivity index (χ1n) is 9.11. The molecular formula is C22H14FN3O5. The summed E-state index contributed by atoms with van der Waals surface area (Å²) in [6.07, 6.45) is 1.42. The largest absolute Gasteiger partial charge is 0.507 e. The normalized spacial score (nSPS) is 17.7. The lowest BCUT2D eigenvalue weighted by Crippen LogP contribution is -2.30. The Balaban J connectivity index is 1.93. The lowest BCUT2D eigenvalue weighted by atomic mass is 9.95. The highest BCUT2D eigenvalue weighted by Crippen LogP contribution is 2.42. The number of nitro groups is 1. The molecule has 31 heavy (non-hydrogen) atoms. The average molecular weight is 419 g/mol. The van der Waals surface area contributed by atoms with E-state index in [9.17, 15) is 29.2 Å². The van der Waals surface area contributed by atoms with Gasteiger partial charge in [-0.1, -0.05) is 24.3 Å². The highest BCUT2D eigenvalue weighted by Gasteiger charge is 2.48. The number of non-ortho nitro benzene ring substituents is 1. The van der Waals surface area contributed by atoms with Gasteiger partial charge < -0.3 is 5.11 Å². The van der Waals surface area contributed by atoms with Gasteiger partial charge in [0, 0.05) is 29.5 Å². The number of aromatic nitrogens is 1. The van der Waals surface area contributed by atoms with Crippen molar-refractivity contribution in [2.75, 3.05) is 4.90 Å². The van der Waals surface area contributed by atoms with Gasteiger partial charge in [0.2, 0.25) is 0 Å². The molecule has 2 heterocycles. The number of aliphatic hydroxyl groups excluding tert-OH is 1. The lowest BCUT2D eigenvalue weighted by Gasteiger charge is -2.24. The molecular weight excluding hydrogens is 405 g/mol. The third-order valence-corrected chi connectivity index (χ3v) is 4.89. The number of pyridine rings is 1. The molecule has 1 saturated heterocycles. The minimum absolute atomic E-state index is 0.00388. The van der Waals surface area contributed by atoms with Gasteiger partial charge in [0.05, 0.1) is 16.5 Å². The second kappa shape index (κ2) is 7.79. The zero-order valence-electron chi connectivity index (χ0n) is 15.8. The Kier molecular flexibility index (Phi) is 5.00. The molecule has 0 bridgehead atoms. The number of benzene rings is 2. The number of hydrogen-bond donors (Lipinski definition) is 1. The van der Waals surface area contributed by atoms with E-state index in [-0.39, 0.29) is 28.2 Å². The Labute approximate surface area is 175 Å². The monoisotopic (exact) mass is 419 g/mol. The van der Waals surface area contributed by atoms with E-state index in [1.165, 1.54) is 42.6 Å². The van der Waals surface area contributed by atoms with Crippen molar-refractivity contribution >= 4 is 29.0 Å². The number of carbonyl (C=O) groups excluding carboxylic acids is 2. The van der Waals surface area contributed by atoms with Crippen LogP contribution in [0.3, 0.4) is 0 Å². The molecule has 0 spiro atoms. The van der Waals surface area contributed by atoms with Gasteiger partial charge in [-0.2, -0.15) is 0 Å². The molecule has 1 unspecified atom stereocenters. The Morgan fingerprint density at radius 2 is 1.71 bits per heavy atom. The first-order valence-corrected chi connectivity index (χ1v) is 9.11. The molecule has 2 aromatic carbocycles. The van der Waals surface area contributed by atoms with E-state index < -0.39 is 34.2 Å². The van der Waals surface area contributed by atoms with Gasteiger partial charge in [0.15, 0.2) is 0 Å². The summed E-state index contributed by atoms with van der Waals surface area (Å²) in [7, 11) is 0. The second-order valence-corrected chi connectivity index (χ2v) is 6.68. The van der Waals surface area contributed by atoms with Gasteiger partial charge >= 0.3 is 5.91 Å². The maximum absolute atomic E-state index is 14.7. The number of amides is 1. The number of nitrogens with zero attached hydrogens (tertiary/aromatic N) is 3. The van der Waals surface area contributed by atoms with Crippen LogP contribution in [0.2, 0.25) is 0 Å². The Morgan fingerprint density at radius 1 is 1.03 bits per heavy atom. The zero-order valence-corrected chi connectivity index (χ0v) is 15.8. The fourth-order valence-corrected chi connectivity index (χ4v) is 3.45. The quantitative estimate of drug-likeness (QED) is 0.226. The number of aliphatic hydroxyl groups is 1. The van der Waals surface area contributed by atoms with E-state index in [1.54, 1.807) is 18.2 Å². The summed E-state index contributed by atoms with van der Waals surface area (Å²) in [4.78, 5) is 41.2. The predicted molar refractivity (Wildman–Crippen MR) is 109 cm³/mol. The lowest BCUT2D eigenvalue weighted by molar-refractivity contribution is -0.384. The van der Waals surface area contributed by atoms with Crippen molar-refractivity contribution < 1.29 is 24.0 Å². The van der Waals surface area contributed by atoms with Crippen LogP contribution in [0.1, 0.15) is 17.2 Å². The van der Waals surface area contributed by atoms with Crippen LogP contribution in [0.5, 0.6) is 0 Å². The van der Waals surface area contributed by atoms with Crippen molar-refractivity contribution in [3.05, 3.63) is 106 Å². The number of Topliss-reactive ketones (excluding diaryl/α,β-unsaturated/α-hetero) is 1. The van der Waals surface area contributed by atoms with Crippen molar-refractivity contribution in [3.8, 4) is 0 Å². The standard InChI is InChI=1S/C22H14FN3O5/c23-16-6-2-1-5-15(16)19-18(20(27)13-8-10-14(11-9-13)26(30)31)21(28)22(29)25(19)17-7-3-4-12-24-17/h1-12,19,27H/b20-18+. The first-order chi connectivity index (χ1) is 14.9. The number of anilines is 1. The molecule has 1 aliphatic rings. The summed E-state index contributed by atoms with van der Waals surface area (Å²) in [5, 5.41) is 21.8. The van der Waals surface area contributed by atoms with E-state index in [0.29, 0.717) is 0 Å². The van der Waals surface area contributed by atoms with E-state index in [4.69, 9.17) is 0 Å². The van der Waals surface area contributed by atoms with Crippen LogP contribution < -0.4 is 4.90 Å². The van der Waals surface area contributed by atoms with Gasteiger partial charge in [-0.05, 0) is 30.3 Å². The first kappa shape index (κ1) is 19.9. The number of halogens is 1. The number of hydrogen-bond acceptors (Lipinski definition) is 6. The average Bonchev–Trinajstić information content (AvgIpc) is 3.04. The van der Waals surface area contributed by atoms with Crippen molar-refractivity contribution in [2.24, 2.45) is 0 Å². The van der Waals surface area contributed by atoms with Crippen LogP contribution in [0.4, 0.5) is 15.9 Å². The molecule has 3 aromatic rings. The van der Waals surface area contributed by atoms with Crippen LogP contribution >= 0.6 is 0 Å². The van der Waals surface area contributed by atoms with E-state index in [2.05, 4.69) is 4.98 Å². The van der Waals surface area contributed by atoms with Gasteiger partial charge in [0.25, 0.3) is 11.5 Å². The molecule has 1 amide bonds. The smallest absolute Gasteiger partial charge is 0.301 e. The third-order valence-electron chi connectivity index (χ3n) is 4.89. The van der Waals surface area contributed by atoms with Crippen molar-refractivity contribution in [2.45, 2.75) is 6.04 Å². The highest BCUT2D eigenvalue weighted by molar-refractivity contribution is 6.51. The number of nitro benzene ring substituents is 1. The number of rotatable bonds is 4. The van der Waals surface area contributed by atoms with Gasteiger partial charge in [-0.15, -0.1) is 0 Å². The topological polar surface area (TPSA) is 114 Å². The Hall–Kier alpha value is -4.40. The molecule has 0 radical (unpaired) electrons. The molecule has 8 nitrogen and oxygen atoms in total. The van der Waals surface area contributed by atoms with Gasteiger partial charge in [0.1, 0.15) is 17.4 Å². The van der Waals surface area contributed by atoms with Crippen LogP contribution in [-0.4, -0.2) is 26.7 Å². The van der Waals surface area contributed by atoms with Gasteiger partial charge in [-0.25, -0.2) is 9.37 Å². The highest BCUT2D eigenvalue weighted by atomic mass is 19.1. The number of ketones is 1. The molecule has 1 atom stereocenters. The summed E-state index contributed by atoms with van der Waals surface area (Å²) < 4.78 is 14.7. The van der Waals surface area contributed by atoms with E-state index in [1.807, 2.05) is 0 Å². The maximum atomic E-state index is 14.7. The van der Waals surface area contributed by atoms with Crippen LogP contribution in [-0.2, 0) is 9.59 Å². The molecule has 1 aromatic heterocycles. The van der Waals surface area contributed by atoms with Gasteiger partial charge in [-0.3, -0.25) is 24.6 Å². The van der Waals surface area contributed by atoms with E-state index >= 15 is 0 Å². The molecule has 4 rings (SSSR count). The van der Waals surface area contributed by atoms with Crippen LogP contribution in [0.25, 0.3) is 5.76 Å². The molecule has 1 aliphatic heterocycles. The SMILES string of the molecule is O=C1C(=O)N(c2ccccn2)C(c2ccccc2F)/C1=C(\O)c1ccc([N+](=O)[O-])cc1. The minimum Gasteiger partial charge on any atom is -0.507 e. The molecule has 154 valence electrons. The Morgan fingerprint density at radius 3 is 2.32 bits per heavy atom. The summed E-state index contributed by atoms with van der Waals surface area (Å²) >= 11 is 0. The van der Waals surface area contributed by atoms with Crippen molar-refractivity contribution in [1.29, 1.82) is 0 Å². The summed E-state index contributed by atoms with van der Waals surface area (Å²) in [6.45, 7) is 0. The second-order valence-electron chi connectivity index (χ2n) is 6.68. The third kappa shape index (κ3) is 3.42. The minimum atomic E-state index is -1.27. The van der Waals surface area contributed by atoms with E-state index in [0.717, 1.165) is 17.0 Å². The molecule has 0 saturated carbocycles. The molecule has 1 fully saturated rings. The van der Waals surface area contributed by atoms with Crippen molar-refractivity contribution in [1.82, 2.24) is 4.98 Å². The van der Waals surface area contributed by atoms with Crippen molar-refractivity contribution in [3.63, 3.8) is 0 Å². The fourth-order valence-electron chi connectivity index (χ4n) is 3.45. The Bertz CT molecular complexity index is 1230. The summed E-state index contributed by atoms with van der Waals surface area (Å²) in [6, 6.07) is 13.8. The fraction of sp³-hybridized carbons (Fsp3) is 0.0455.